The van der Waals surface area contributed by atoms with Crippen molar-refractivity contribution in [3.05, 3.63) is 42.1 Å². The Hall–Kier alpha value is -2.34. The number of para-hydroxylation sites is 1. The number of rotatable bonds is 1. The molecule has 0 aromatic heterocycles. The highest BCUT2D eigenvalue weighted by atomic mass is 17.2. The number of carbonyl (C=O) groups excluding carboxylic acids is 2. The second-order valence-electron chi connectivity index (χ2n) is 4.63. The molecule has 20 heavy (non-hydrogen) atoms. The maximum atomic E-state index is 12.5. The number of fused-ring (bicyclic) bond motifs is 2. The highest BCUT2D eigenvalue weighted by molar-refractivity contribution is 6.05. The fraction of sp³-hybridized carbons (Fsp3) is 0.286. The Bertz CT molecular complexity index is 584. The molecule has 1 aromatic rings. The van der Waals surface area contributed by atoms with Crippen LogP contribution >= 0.6 is 0 Å². The van der Waals surface area contributed by atoms with E-state index in [1.165, 1.54) is 12.0 Å². The van der Waals surface area contributed by atoms with Gasteiger partial charge in [0.25, 0.3) is 5.91 Å². The Morgan fingerprint density at radius 3 is 2.95 bits per heavy atom. The molecule has 0 spiro atoms. The van der Waals surface area contributed by atoms with Crippen molar-refractivity contribution >= 4 is 17.7 Å². The molecule has 3 rings (SSSR count). The average Bonchev–Trinajstić information content (AvgIpc) is 2.88. The van der Waals surface area contributed by atoms with Crippen LogP contribution in [0.2, 0.25) is 0 Å². The maximum Gasteiger partial charge on any atom is 0.445 e. The van der Waals surface area contributed by atoms with Crippen LogP contribution in [0.3, 0.4) is 0 Å². The fourth-order valence-electron chi connectivity index (χ4n) is 2.59. The zero-order valence-electron chi connectivity index (χ0n) is 11.0. The molecule has 6 heteroatoms. The fourth-order valence-corrected chi connectivity index (χ4v) is 2.59. The van der Waals surface area contributed by atoms with Gasteiger partial charge in [0, 0.05) is 6.20 Å². The summed E-state index contributed by atoms with van der Waals surface area (Å²) in [5.41, 5.74) is 1.02. The Balaban J connectivity index is 2.05. The van der Waals surface area contributed by atoms with Crippen LogP contribution in [0.25, 0.3) is 0 Å². The zero-order valence-corrected chi connectivity index (χ0v) is 11.0. The predicted octanol–water partition coefficient (Wildman–Crippen LogP) is 1.93. The van der Waals surface area contributed by atoms with E-state index in [4.69, 9.17) is 0 Å². The lowest BCUT2D eigenvalue weighted by Crippen LogP contribution is -2.41. The normalized spacial score (nSPS) is 20.4. The van der Waals surface area contributed by atoms with Gasteiger partial charge in [0.15, 0.2) is 0 Å². The topological polar surface area (TPSA) is 59.1 Å². The van der Waals surface area contributed by atoms with Crippen LogP contribution in [0, 0.1) is 0 Å². The van der Waals surface area contributed by atoms with E-state index in [9.17, 15) is 9.59 Å². The molecule has 0 saturated heterocycles. The van der Waals surface area contributed by atoms with Crippen molar-refractivity contribution in [1.29, 1.82) is 0 Å². The van der Waals surface area contributed by atoms with Gasteiger partial charge in [0.1, 0.15) is 0 Å². The predicted molar refractivity (Wildman–Crippen MR) is 71.0 cm³/mol. The van der Waals surface area contributed by atoms with Gasteiger partial charge in [-0.25, -0.2) is 4.79 Å². The van der Waals surface area contributed by atoms with Crippen LogP contribution in [0.5, 0.6) is 0 Å². The van der Waals surface area contributed by atoms with Gasteiger partial charge in [-0.2, -0.15) is 4.89 Å². The molecule has 2 aliphatic heterocycles. The van der Waals surface area contributed by atoms with Crippen molar-refractivity contribution in [2.75, 3.05) is 18.6 Å². The molecule has 0 aliphatic carbocycles. The highest BCUT2D eigenvalue weighted by Crippen LogP contribution is 2.31. The first-order valence-electron chi connectivity index (χ1n) is 6.33. The van der Waals surface area contributed by atoms with E-state index in [1.54, 1.807) is 35.4 Å². The minimum absolute atomic E-state index is 0.0701. The smallest absolute Gasteiger partial charge is 0.310 e. The van der Waals surface area contributed by atoms with Crippen LogP contribution < -0.4 is 4.90 Å². The Morgan fingerprint density at radius 2 is 2.15 bits per heavy atom. The Labute approximate surface area is 116 Å². The SMILES string of the molecule is COOC(=O)N1CC2CC=CN2C(=O)c2ccccc21. The summed E-state index contributed by atoms with van der Waals surface area (Å²) in [6, 6.07) is 6.93. The van der Waals surface area contributed by atoms with Crippen LogP contribution in [0.1, 0.15) is 16.8 Å². The van der Waals surface area contributed by atoms with Gasteiger partial charge in [-0.15, -0.1) is 0 Å². The molecular formula is C14H14N2O4. The average molecular weight is 274 g/mol. The third-order valence-electron chi connectivity index (χ3n) is 3.50. The summed E-state index contributed by atoms with van der Waals surface area (Å²) < 4.78 is 0. The molecule has 2 heterocycles. The molecule has 2 aliphatic rings. The molecule has 0 saturated carbocycles. The minimum Gasteiger partial charge on any atom is -0.310 e. The molecule has 1 unspecified atom stereocenters. The first-order valence-corrected chi connectivity index (χ1v) is 6.33. The monoisotopic (exact) mass is 274 g/mol. The van der Waals surface area contributed by atoms with Crippen molar-refractivity contribution in [2.45, 2.75) is 12.5 Å². The largest absolute Gasteiger partial charge is 0.445 e. The van der Waals surface area contributed by atoms with Gasteiger partial charge in [-0.3, -0.25) is 14.6 Å². The minimum atomic E-state index is -0.624. The van der Waals surface area contributed by atoms with Gasteiger partial charge < -0.3 is 4.90 Å². The van der Waals surface area contributed by atoms with Crippen LogP contribution in [0.4, 0.5) is 10.5 Å². The highest BCUT2D eigenvalue weighted by Gasteiger charge is 2.36. The summed E-state index contributed by atoms with van der Waals surface area (Å²) in [6.45, 7) is 0.373. The number of nitrogens with zero attached hydrogens (tertiary/aromatic N) is 2. The number of anilines is 1. The second-order valence-corrected chi connectivity index (χ2v) is 4.63. The molecule has 104 valence electrons. The number of carbonyl (C=O) groups is 2. The van der Waals surface area contributed by atoms with Crippen LogP contribution in [-0.2, 0) is 9.78 Å². The maximum absolute atomic E-state index is 12.5. The van der Waals surface area contributed by atoms with E-state index in [-0.39, 0.29) is 11.9 Å². The molecule has 0 bridgehead atoms. The molecular weight excluding hydrogens is 260 g/mol. The zero-order chi connectivity index (χ0) is 14.1. The second kappa shape index (κ2) is 4.97. The molecule has 0 radical (unpaired) electrons. The summed E-state index contributed by atoms with van der Waals surface area (Å²) in [5, 5.41) is 0. The third kappa shape index (κ3) is 1.94. The van der Waals surface area contributed by atoms with Crippen molar-refractivity contribution in [3.63, 3.8) is 0 Å². The summed E-state index contributed by atoms with van der Waals surface area (Å²) in [4.78, 5) is 36.7. The molecule has 1 aromatic carbocycles. The molecule has 0 fully saturated rings. The van der Waals surface area contributed by atoms with Crippen LogP contribution in [-0.4, -0.2) is 36.6 Å². The lowest BCUT2D eigenvalue weighted by Gasteiger charge is -2.24. The lowest BCUT2D eigenvalue weighted by atomic mass is 10.1. The number of benzene rings is 1. The first kappa shape index (κ1) is 12.7. The van der Waals surface area contributed by atoms with Gasteiger partial charge >= 0.3 is 6.09 Å². The number of amides is 2. The van der Waals surface area contributed by atoms with Gasteiger partial charge in [-0.05, 0) is 18.6 Å². The summed E-state index contributed by atoms with van der Waals surface area (Å²) in [5.74, 6) is -0.105. The van der Waals surface area contributed by atoms with E-state index < -0.39 is 6.09 Å². The van der Waals surface area contributed by atoms with Crippen molar-refractivity contribution < 1.29 is 19.4 Å². The molecule has 2 amide bonds. The standard InChI is InChI=1S/C14H14N2O4/c1-19-20-14(18)16-9-10-5-4-8-15(10)13(17)11-6-2-3-7-12(11)16/h2-4,6-8,10H,5,9H2,1H3. The number of hydrogen-bond acceptors (Lipinski definition) is 4. The first-order chi connectivity index (χ1) is 9.72. The quantitative estimate of drug-likeness (QED) is 0.580. The van der Waals surface area contributed by atoms with E-state index >= 15 is 0 Å². The van der Waals surface area contributed by atoms with E-state index in [2.05, 4.69) is 9.78 Å². The van der Waals surface area contributed by atoms with Crippen LogP contribution in [0.15, 0.2) is 36.5 Å². The molecule has 0 N–H and O–H groups in total. The van der Waals surface area contributed by atoms with E-state index in [0.717, 1.165) is 6.42 Å². The van der Waals surface area contributed by atoms with Gasteiger partial charge in [0.05, 0.1) is 30.9 Å². The van der Waals surface area contributed by atoms with Gasteiger partial charge in [-0.1, -0.05) is 18.2 Å². The molecule has 6 nitrogen and oxygen atoms in total. The summed E-state index contributed by atoms with van der Waals surface area (Å²) in [6.07, 6.45) is 3.79. The Morgan fingerprint density at radius 1 is 1.35 bits per heavy atom. The summed E-state index contributed by atoms with van der Waals surface area (Å²) >= 11 is 0. The number of hydrogen-bond donors (Lipinski definition) is 0. The van der Waals surface area contributed by atoms with Crippen molar-refractivity contribution in [2.24, 2.45) is 0 Å². The molecule has 1 atom stereocenters. The summed E-state index contributed by atoms with van der Waals surface area (Å²) in [7, 11) is 1.27. The Kier molecular flexibility index (Phi) is 3.15. The van der Waals surface area contributed by atoms with E-state index in [0.29, 0.717) is 17.8 Å². The van der Waals surface area contributed by atoms with E-state index in [1.807, 2.05) is 6.08 Å². The van der Waals surface area contributed by atoms with Gasteiger partial charge in [0.2, 0.25) is 0 Å². The third-order valence-corrected chi connectivity index (χ3v) is 3.50. The van der Waals surface area contributed by atoms with Crippen molar-refractivity contribution in [1.82, 2.24) is 4.90 Å². The van der Waals surface area contributed by atoms with Crippen molar-refractivity contribution in [3.8, 4) is 0 Å². The lowest BCUT2D eigenvalue weighted by molar-refractivity contribution is -0.210.